The maximum absolute atomic E-state index is 12.2. The van der Waals surface area contributed by atoms with E-state index < -0.39 is 18.0 Å². The van der Waals surface area contributed by atoms with Gasteiger partial charge < -0.3 is 14.2 Å². The Morgan fingerprint density at radius 1 is 0.537 bits per heavy atom. The van der Waals surface area contributed by atoms with E-state index in [4.69, 9.17) is 14.2 Å². The third-order valence-corrected chi connectivity index (χ3v) is 5.74. The van der Waals surface area contributed by atoms with Gasteiger partial charge in [0, 0.05) is 6.42 Å². The van der Waals surface area contributed by atoms with Crippen LogP contribution in [0.15, 0.2) is 72.9 Å². The van der Waals surface area contributed by atoms with Crippen LogP contribution in [-0.4, -0.2) is 37.2 Å². The van der Waals surface area contributed by atoms with Crippen LogP contribution in [0.25, 0.3) is 0 Å². The summed E-state index contributed by atoms with van der Waals surface area (Å²) in [4.78, 5) is 36.2. The second kappa shape index (κ2) is 29.8. The Balaban J connectivity index is 4.21. The number of carbonyl (C=O) groups is 3. The molecule has 0 aromatic heterocycles. The molecule has 0 heterocycles. The maximum Gasteiger partial charge on any atom is 0.310 e. The van der Waals surface area contributed by atoms with E-state index in [0.29, 0.717) is 6.42 Å². The molecule has 6 heteroatoms. The van der Waals surface area contributed by atoms with Gasteiger partial charge in [0.15, 0.2) is 6.10 Å². The molecule has 0 fully saturated rings. The van der Waals surface area contributed by atoms with Gasteiger partial charge in [-0.15, -0.1) is 0 Å². The number of ether oxygens (including phenoxy) is 3. The first-order valence-electron chi connectivity index (χ1n) is 15.4. The summed E-state index contributed by atoms with van der Waals surface area (Å²) in [6.07, 6.45) is 35.2. The van der Waals surface area contributed by atoms with Crippen LogP contribution in [-0.2, 0) is 28.6 Å². The van der Waals surface area contributed by atoms with Gasteiger partial charge in [0.25, 0.3) is 0 Å². The predicted molar refractivity (Wildman–Crippen MR) is 168 cm³/mol. The van der Waals surface area contributed by atoms with Crippen LogP contribution in [0.1, 0.15) is 111 Å². The van der Waals surface area contributed by atoms with Crippen molar-refractivity contribution >= 4 is 17.9 Å². The highest BCUT2D eigenvalue weighted by Gasteiger charge is 2.18. The summed E-state index contributed by atoms with van der Waals surface area (Å²) in [5.74, 6) is -1.25. The van der Waals surface area contributed by atoms with Crippen LogP contribution < -0.4 is 0 Å². The van der Waals surface area contributed by atoms with Gasteiger partial charge in [0.05, 0.1) is 12.8 Å². The molecule has 1 atom stereocenters. The quantitative estimate of drug-likeness (QED) is 0.0472. The Kier molecular flexibility index (Phi) is 27.5. The predicted octanol–water partition coefficient (Wildman–Crippen LogP) is 8.84. The van der Waals surface area contributed by atoms with Gasteiger partial charge in [-0.2, -0.15) is 0 Å². The summed E-state index contributed by atoms with van der Waals surface area (Å²) in [5, 5.41) is 0. The lowest BCUT2D eigenvalue weighted by atomic mass is 10.2. The Morgan fingerprint density at radius 2 is 1.02 bits per heavy atom. The fourth-order valence-corrected chi connectivity index (χ4v) is 3.47. The largest absolute Gasteiger partial charge is 0.462 e. The van der Waals surface area contributed by atoms with Crippen LogP contribution in [0.2, 0.25) is 0 Å². The number of unbranched alkanes of at least 4 members (excludes halogenated alkanes) is 4. The molecule has 1 unspecified atom stereocenters. The number of allylic oxidation sites excluding steroid dienone is 10. The van der Waals surface area contributed by atoms with E-state index in [2.05, 4.69) is 55.5 Å². The van der Waals surface area contributed by atoms with E-state index in [-0.39, 0.29) is 38.4 Å². The zero-order valence-electron chi connectivity index (χ0n) is 25.8. The Hall–Kier alpha value is -3.15. The van der Waals surface area contributed by atoms with Crippen molar-refractivity contribution in [3.8, 4) is 0 Å². The molecule has 0 N–H and O–H groups in total. The van der Waals surface area contributed by atoms with Gasteiger partial charge >= 0.3 is 17.9 Å². The minimum atomic E-state index is -0.839. The average molecular weight is 571 g/mol. The number of rotatable bonds is 25. The first-order valence-corrected chi connectivity index (χ1v) is 15.4. The molecule has 0 aromatic carbocycles. The lowest BCUT2D eigenvalue weighted by molar-refractivity contribution is -0.166. The topological polar surface area (TPSA) is 78.9 Å². The second-order valence-electron chi connectivity index (χ2n) is 9.63. The Morgan fingerprint density at radius 3 is 1.56 bits per heavy atom. The van der Waals surface area contributed by atoms with Crippen molar-refractivity contribution < 1.29 is 28.6 Å². The molecule has 0 amide bonds. The van der Waals surface area contributed by atoms with Gasteiger partial charge in [-0.3, -0.25) is 14.4 Å². The highest BCUT2D eigenvalue weighted by Crippen LogP contribution is 2.05. The molecule has 0 saturated heterocycles. The molecular formula is C35H54O6. The van der Waals surface area contributed by atoms with Crippen molar-refractivity contribution in [2.24, 2.45) is 0 Å². The van der Waals surface area contributed by atoms with E-state index >= 15 is 0 Å². The first kappa shape index (κ1) is 37.9. The average Bonchev–Trinajstić information content (AvgIpc) is 2.96. The highest BCUT2D eigenvalue weighted by molar-refractivity contribution is 5.72. The van der Waals surface area contributed by atoms with Gasteiger partial charge in [-0.25, -0.2) is 0 Å². The molecule has 0 saturated carbocycles. The van der Waals surface area contributed by atoms with E-state index in [9.17, 15) is 14.4 Å². The molecule has 0 radical (unpaired) electrons. The van der Waals surface area contributed by atoms with Crippen LogP contribution in [0.5, 0.6) is 0 Å². The van der Waals surface area contributed by atoms with Crippen molar-refractivity contribution in [3.63, 3.8) is 0 Å². The van der Waals surface area contributed by atoms with E-state index in [1.807, 2.05) is 26.0 Å². The number of hydrogen-bond donors (Lipinski definition) is 0. The molecule has 41 heavy (non-hydrogen) atoms. The van der Waals surface area contributed by atoms with Crippen molar-refractivity contribution in [1.82, 2.24) is 0 Å². The summed E-state index contributed by atoms with van der Waals surface area (Å²) in [7, 11) is 0. The molecule has 6 nitrogen and oxygen atoms in total. The molecule has 0 aliphatic rings. The first-order chi connectivity index (χ1) is 20.0. The molecule has 230 valence electrons. The fraction of sp³-hybridized carbons (Fsp3) is 0.571. The zero-order chi connectivity index (χ0) is 30.2. The Labute approximate surface area is 249 Å². The summed E-state index contributed by atoms with van der Waals surface area (Å²) in [6, 6.07) is 0. The fourth-order valence-electron chi connectivity index (χ4n) is 3.47. The van der Waals surface area contributed by atoms with Gasteiger partial charge in [0.1, 0.15) is 13.2 Å². The SMILES string of the molecule is CC/C=C\CC(=O)OCC(COC(=O)CCC/C=C\C/C=C\C/C=C\C/C=C\CCCCC)OC(=O)C/C=C\CC. The van der Waals surface area contributed by atoms with Crippen molar-refractivity contribution in [3.05, 3.63) is 72.9 Å². The molecule has 0 aliphatic heterocycles. The minimum Gasteiger partial charge on any atom is -0.462 e. The van der Waals surface area contributed by atoms with Gasteiger partial charge in [-0.1, -0.05) is 107 Å². The summed E-state index contributed by atoms with van der Waals surface area (Å²) in [6.45, 7) is 5.87. The lowest BCUT2D eigenvalue weighted by Crippen LogP contribution is -2.30. The van der Waals surface area contributed by atoms with E-state index in [1.54, 1.807) is 12.2 Å². The lowest BCUT2D eigenvalue weighted by Gasteiger charge is -2.17. The standard InChI is InChI=1S/C35H54O6/c1-4-7-10-11-12-13-14-15-16-17-18-19-20-21-22-23-26-28-34(37)40-31-32(41-35(38)29-25-9-6-3)30-39-33(36)27-24-8-5-2/h8-9,12-13,15-16,18-19,21-22,24-25,32H,4-7,10-11,14,17,20,23,26-31H2,1-3H3/b13-12-,16-15-,19-18-,22-21-,24-8-,25-9-. The van der Waals surface area contributed by atoms with Gasteiger partial charge in [-0.05, 0) is 57.8 Å². The molecule has 0 spiro atoms. The minimum absolute atomic E-state index is 0.112. The van der Waals surface area contributed by atoms with Crippen LogP contribution in [0.4, 0.5) is 0 Å². The number of carbonyl (C=O) groups excluding carboxylic acids is 3. The maximum atomic E-state index is 12.2. The third kappa shape index (κ3) is 28.2. The molecular weight excluding hydrogens is 516 g/mol. The normalized spacial score (nSPS) is 13.0. The van der Waals surface area contributed by atoms with E-state index in [0.717, 1.165) is 38.5 Å². The monoisotopic (exact) mass is 570 g/mol. The smallest absolute Gasteiger partial charge is 0.310 e. The van der Waals surface area contributed by atoms with Crippen LogP contribution in [0, 0.1) is 0 Å². The Bertz CT molecular complexity index is 847. The van der Waals surface area contributed by atoms with Crippen LogP contribution in [0.3, 0.4) is 0 Å². The van der Waals surface area contributed by atoms with Crippen molar-refractivity contribution in [2.75, 3.05) is 13.2 Å². The molecule has 0 bridgehead atoms. The molecule has 0 rings (SSSR count). The summed E-state index contributed by atoms with van der Waals surface area (Å²) in [5.41, 5.74) is 0. The van der Waals surface area contributed by atoms with E-state index in [1.165, 1.54) is 25.7 Å². The van der Waals surface area contributed by atoms with Gasteiger partial charge in [0.2, 0.25) is 0 Å². The van der Waals surface area contributed by atoms with Crippen molar-refractivity contribution in [2.45, 2.75) is 117 Å². The number of esters is 3. The zero-order valence-corrected chi connectivity index (χ0v) is 25.8. The summed E-state index contributed by atoms with van der Waals surface area (Å²) >= 11 is 0. The number of hydrogen-bond acceptors (Lipinski definition) is 6. The second-order valence-corrected chi connectivity index (χ2v) is 9.63. The highest BCUT2D eigenvalue weighted by atomic mass is 16.6. The molecule has 0 aromatic rings. The summed E-state index contributed by atoms with van der Waals surface area (Å²) < 4.78 is 15.9. The third-order valence-electron chi connectivity index (χ3n) is 5.74. The van der Waals surface area contributed by atoms with Crippen molar-refractivity contribution in [1.29, 1.82) is 0 Å². The van der Waals surface area contributed by atoms with Crippen LogP contribution >= 0.6 is 0 Å². The molecule has 0 aliphatic carbocycles.